The Bertz CT molecular complexity index is 170. The van der Waals surface area contributed by atoms with Gasteiger partial charge in [0, 0.05) is 25.5 Å². The summed E-state index contributed by atoms with van der Waals surface area (Å²) >= 11 is 0. The number of likely N-dealkylation sites (tertiary alicyclic amines) is 1. The first-order valence-corrected chi connectivity index (χ1v) is 5.06. The summed E-state index contributed by atoms with van der Waals surface area (Å²) in [6.45, 7) is 2.16. The summed E-state index contributed by atoms with van der Waals surface area (Å²) in [6, 6.07) is 0. The minimum Gasteiger partial charge on any atom is -0.396 e. The first kappa shape index (κ1) is 10.7. The lowest BCUT2D eigenvalue weighted by molar-refractivity contribution is -0.124. The number of rotatable bonds is 4. The number of piperidine rings is 1. The van der Waals surface area contributed by atoms with Crippen LogP contribution in [-0.4, -0.2) is 42.5 Å². The first-order valence-electron chi connectivity index (χ1n) is 5.06. The molecular weight excluding hydrogens is 166 g/mol. The number of aliphatic hydroxyl groups excluding tert-OH is 1. The monoisotopic (exact) mass is 185 g/mol. The van der Waals surface area contributed by atoms with E-state index in [2.05, 4.69) is 11.9 Å². The molecule has 3 heteroatoms. The molecule has 1 fully saturated rings. The molecule has 1 heterocycles. The highest BCUT2D eigenvalue weighted by Crippen LogP contribution is 2.17. The van der Waals surface area contributed by atoms with Crippen molar-refractivity contribution in [1.82, 2.24) is 4.90 Å². The number of nitrogens with zero attached hydrogens (tertiary/aromatic N) is 1. The molecule has 76 valence electrons. The maximum Gasteiger partial charge on any atom is 0.137 e. The van der Waals surface area contributed by atoms with Crippen molar-refractivity contribution in [3.63, 3.8) is 0 Å². The fourth-order valence-corrected chi connectivity index (χ4v) is 1.89. The van der Waals surface area contributed by atoms with Crippen LogP contribution in [0.5, 0.6) is 0 Å². The van der Waals surface area contributed by atoms with E-state index >= 15 is 0 Å². The zero-order valence-corrected chi connectivity index (χ0v) is 8.33. The normalized spacial score (nSPS) is 24.6. The van der Waals surface area contributed by atoms with Crippen LogP contribution >= 0.6 is 0 Å². The van der Waals surface area contributed by atoms with Crippen molar-refractivity contribution in [1.29, 1.82) is 0 Å². The van der Waals surface area contributed by atoms with Crippen LogP contribution < -0.4 is 0 Å². The van der Waals surface area contributed by atoms with E-state index in [0.29, 0.717) is 18.6 Å². The smallest absolute Gasteiger partial charge is 0.137 e. The van der Waals surface area contributed by atoms with Gasteiger partial charge in [-0.25, -0.2) is 0 Å². The molecule has 0 bridgehead atoms. The first-order chi connectivity index (χ1) is 6.24. The van der Waals surface area contributed by atoms with Gasteiger partial charge in [0.25, 0.3) is 0 Å². The van der Waals surface area contributed by atoms with Crippen LogP contribution in [0.3, 0.4) is 0 Å². The Morgan fingerprint density at radius 2 is 2.38 bits per heavy atom. The number of hydrogen-bond acceptors (Lipinski definition) is 3. The van der Waals surface area contributed by atoms with Crippen molar-refractivity contribution in [2.45, 2.75) is 25.7 Å². The topological polar surface area (TPSA) is 40.5 Å². The van der Waals surface area contributed by atoms with Crippen LogP contribution in [0.25, 0.3) is 0 Å². The van der Waals surface area contributed by atoms with Gasteiger partial charge in [-0.15, -0.1) is 0 Å². The molecule has 0 aromatic rings. The highest BCUT2D eigenvalue weighted by molar-refractivity contribution is 5.81. The lowest BCUT2D eigenvalue weighted by Gasteiger charge is -2.28. The van der Waals surface area contributed by atoms with Crippen molar-refractivity contribution in [2.24, 2.45) is 5.92 Å². The Kier molecular flexibility index (Phi) is 4.39. The molecule has 0 aromatic carbocycles. The number of Topliss-reactive ketones (excluding diaryl/α,β-unsaturated/α-hetero) is 1. The van der Waals surface area contributed by atoms with Gasteiger partial charge in [-0.2, -0.15) is 0 Å². The van der Waals surface area contributed by atoms with E-state index in [1.807, 2.05) is 0 Å². The van der Waals surface area contributed by atoms with Gasteiger partial charge < -0.3 is 10.0 Å². The average Bonchev–Trinajstić information content (AvgIpc) is 2.14. The summed E-state index contributed by atoms with van der Waals surface area (Å²) in [5.41, 5.74) is 0. The number of carbonyl (C=O) groups excluding carboxylic acids is 1. The average molecular weight is 185 g/mol. The minimum atomic E-state index is 0.133. The van der Waals surface area contributed by atoms with Gasteiger partial charge >= 0.3 is 0 Å². The van der Waals surface area contributed by atoms with Gasteiger partial charge in [-0.3, -0.25) is 4.79 Å². The molecule has 1 aliphatic rings. The van der Waals surface area contributed by atoms with Crippen molar-refractivity contribution in [2.75, 3.05) is 26.7 Å². The van der Waals surface area contributed by atoms with E-state index in [1.165, 1.54) is 0 Å². The number of aliphatic hydroxyl groups is 1. The molecule has 3 nitrogen and oxygen atoms in total. The molecule has 1 atom stereocenters. The van der Waals surface area contributed by atoms with E-state index in [1.54, 1.807) is 0 Å². The number of hydrogen-bond donors (Lipinski definition) is 1. The molecular formula is C10H19NO2. The highest BCUT2D eigenvalue weighted by atomic mass is 16.3. The second kappa shape index (κ2) is 5.35. The molecule has 1 aliphatic heterocycles. The molecule has 1 unspecified atom stereocenters. The van der Waals surface area contributed by atoms with Crippen LogP contribution in [-0.2, 0) is 4.79 Å². The molecule has 1 N–H and O–H groups in total. The van der Waals surface area contributed by atoms with E-state index in [4.69, 9.17) is 5.11 Å². The van der Waals surface area contributed by atoms with Crippen molar-refractivity contribution in [3.8, 4) is 0 Å². The Hall–Kier alpha value is -0.410. The lowest BCUT2D eigenvalue weighted by atomic mass is 9.92. The van der Waals surface area contributed by atoms with E-state index in [-0.39, 0.29) is 12.5 Å². The van der Waals surface area contributed by atoms with E-state index in [0.717, 1.165) is 25.9 Å². The van der Waals surface area contributed by atoms with Gasteiger partial charge in [-0.1, -0.05) is 0 Å². The fourth-order valence-electron chi connectivity index (χ4n) is 1.89. The maximum absolute atomic E-state index is 11.6. The molecule has 0 saturated carbocycles. The molecule has 0 amide bonds. The van der Waals surface area contributed by atoms with Gasteiger partial charge in [0.15, 0.2) is 0 Å². The van der Waals surface area contributed by atoms with Gasteiger partial charge in [0.05, 0.1) is 0 Å². The molecule has 0 spiro atoms. The number of ketones is 1. The predicted octanol–water partition coefficient (Wildman–Crippen LogP) is 0.670. The highest BCUT2D eigenvalue weighted by Gasteiger charge is 2.22. The van der Waals surface area contributed by atoms with Crippen LogP contribution in [0.15, 0.2) is 0 Å². The summed E-state index contributed by atoms with van der Waals surface area (Å²) in [5.74, 6) is 0.561. The van der Waals surface area contributed by atoms with Gasteiger partial charge in [0.1, 0.15) is 5.78 Å². The molecule has 1 rings (SSSR count). The predicted molar refractivity (Wildman–Crippen MR) is 51.5 cm³/mol. The summed E-state index contributed by atoms with van der Waals surface area (Å²) in [7, 11) is 2.06. The zero-order valence-electron chi connectivity index (χ0n) is 8.33. The summed E-state index contributed by atoms with van der Waals surface area (Å²) in [4.78, 5) is 13.8. The Morgan fingerprint density at radius 3 is 3.00 bits per heavy atom. The second-order valence-corrected chi connectivity index (χ2v) is 3.89. The van der Waals surface area contributed by atoms with Crippen molar-refractivity contribution < 1.29 is 9.90 Å². The zero-order chi connectivity index (χ0) is 9.68. The Morgan fingerprint density at radius 1 is 1.62 bits per heavy atom. The quantitative estimate of drug-likeness (QED) is 0.700. The van der Waals surface area contributed by atoms with Crippen LogP contribution in [0.1, 0.15) is 25.7 Å². The SMILES string of the molecule is CN1CCCC(C(=O)CCCO)C1. The minimum absolute atomic E-state index is 0.133. The second-order valence-electron chi connectivity index (χ2n) is 3.89. The third kappa shape index (κ3) is 3.44. The van der Waals surface area contributed by atoms with E-state index in [9.17, 15) is 4.79 Å². The summed E-state index contributed by atoms with van der Waals surface area (Å²) in [5, 5.41) is 8.60. The third-order valence-corrected chi connectivity index (χ3v) is 2.66. The van der Waals surface area contributed by atoms with Gasteiger partial charge in [0.2, 0.25) is 0 Å². The van der Waals surface area contributed by atoms with Gasteiger partial charge in [-0.05, 0) is 32.9 Å². The number of carbonyl (C=O) groups is 1. The third-order valence-electron chi connectivity index (χ3n) is 2.66. The largest absolute Gasteiger partial charge is 0.396 e. The maximum atomic E-state index is 11.6. The molecule has 1 saturated heterocycles. The molecule has 0 radical (unpaired) electrons. The van der Waals surface area contributed by atoms with Crippen LogP contribution in [0.4, 0.5) is 0 Å². The molecule has 0 aliphatic carbocycles. The molecule has 13 heavy (non-hydrogen) atoms. The summed E-state index contributed by atoms with van der Waals surface area (Å²) < 4.78 is 0. The standard InChI is InChI=1S/C10H19NO2/c1-11-6-2-4-9(8-11)10(13)5-3-7-12/h9,12H,2-8H2,1H3. The lowest BCUT2D eigenvalue weighted by Crippen LogP contribution is -2.36. The van der Waals surface area contributed by atoms with E-state index < -0.39 is 0 Å². The Balaban J connectivity index is 2.28. The van der Waals surface area contributed by atoms with Crippen LogP contribution in [0.2, 0.25) is 0 Å². The summed E-state index contributed by atoms with van der Waals surface area (Å²) in [6.07, 6.45) is 3.34. The molecule has 0 aromatic heterocycles. The van der Waals surface area contributed by atoms with Crippen LogP contribution in [0, 0.1) is 5.92 Å². The fraction of sp³-hybridized carbons (Fsp3) is 0.900. The van der Waals surface area contributed by atoms with Crippen molar-refractivity contribution >= 4 is 5.78 Å². The van der Waals surface area contributed by atoms with Crippen molar-refractivity contribution in [3.05, 3.63) is 0 Å². The Labute approximate surface area is 79.7 Å².